The lowest BCUT2D eigenvalue weighted by atomic mass is 10.1. The number of aryl methyl sites for hydroxylation is 3. The zero-order chi connectivity index (χ0) is 19.6. The molecule has 3 rings (SSSR count). The van der Waals surface area contributed by atoms with Crippen LogP contribution in [-0.4, -0.2) is 20.6 Å². The minimum absolute atomic E-state index is 0.181. The molecule has 0 aliphatic carbocycles. The van der Waals surface area contributed by atoms with E-state index in [-0.39, 0.29) is 17.1 Å². The summed E-state index contributed by atoms with van der Waals surface area (Å²) in [5.74, 6) is 0.445. The third kappa shape index (κ3) is 4.30. The number of amides is 1. The van der Waals surface area contributed by atoms with E-state index in [1.165, 1.54) is 23.0 Å². The zero-order valence-corrected chi connectivity index (χ0v) is 15.1. The predicted octanol–water partition coefficient (Wildman–Crippen LogP) is 3.99. The van der Waals surface area contributed by atoms with Crippen LogP contribution < -0.4 is 10.1 Å². The van der Waals surface area contributed by atoms with Gasteiger partial charge >= 0.3 is 0 Å². The number of hydrogen-bond acceptors (Lipinski definition) is 5. The average molecular weight is 366 g/mol. The number of nitrogens with one attached hydrogen (secondary N) is 1. The lowest BCUT2D eigenvalue weighted by Gasteiger charge is -2.11. The highest BCUT2D eigenvalue weighted by atomic mass is 16.6. The normalized spacial score (nSPS) is 10.5. The van der Waals surface area contributed by atoms with Gasteiger partial charge in [0.15, 0.2) is 0 Å². The molecule has 138 valence electrons. The van der Waals surface area contributed by atoms with Gasteiger partial charge in [0, 0.05) is 25.4 Å². The molecule has 0 saturated heterocycles. The standard InChI is InChI=1S/C19H18N4O4/c1-12-4-5-13(2)18(6-12)27-17-8-15(7-16(9-17)23(25)26)21-19(24)14-10-20-22(3)11-14/h4-11H,1-3H3,(H,21,24). The van der Waals surface area contributed by atoms with Gasteiger partial charge in [-0.05, 0) is 31.0 Å². The predicted molar refractivity (Wildman–Crippen MR) is 100 cm³/mol. The third-order valence-corrected chi connectivity index (χ3v) is 3.90. The molecular formula is C19H18N4O4. The number of nitro groups is 1. The summed E-state index contributed by atoms with van der Waals surface area (Å²) in [7, 11) is 1.69. The Balaban J connectivity index is 1.91. The van der Waals surface area contributed by atoms with E-state index in [1.54, 1.807) is 19.3 Å². The van der Waals surface area contributed by atoms with Crippen LogP contribution in [0.2, 0.25) is 0 Å². The highest BCUT2D eigenvalue weighted by molar-refractivity contribution is 6.04. The Hall–Kier alpha value is -3.68. The second kappa shape index (κ2) is 7.28. The fourth-order valence-corrected chi connectivity index (χ4v) is 2.51. The largest absolute Gasteiger partial charge is 0.457 e. The molecule has 0 unspecified atom stereocenters. The van der Waals surface area contributed by atoms with Crippen LogP contribution in [0.4, 0.5) is 11.4 Å². The van der Waals surface area contributed by atoms with Gasteiger partial charge in [-0.25, -0.2) is 0 Å². The summed E-state index contributed by atoms with van der Waals surface area (Å²) in [4.78, 5) is 23.0. The topological polar surface area (TPSA) is 99.3 Å². The SMILES string of the molecule is Cc1ccc(C)c(Oc2cc(NC(=O)c3cnn(C)c3)cc([N+](=O)[O-])c2)c1. The fraction of sp³-hybridized carbons (Fsp3) is 0.158. The van der Waals surface area contributed by atoms with Crippen molar-refractivity contribution in [3.05, 3.63) is 75.6 Å². The lowest BCUT2D eigenvalue weighted by molar-refractivity contribution is -0.384. The van der Waals surface area contributed by atoms with Crippen LogP contribution in [0.1, 0.15) is 21.5 Å². The van der Waals surface area contributed by atoms with Crippen molar-refractivity contribution in [1.29, 1.82) is 0 Å². The Bertz CT molecular complexity index is 1030. The third-order valence-electron chi connectivity index (χ3n) is 3.90. The van der Waals surface area contributed by atoms with Crippen molar-refractivity contribution in [1.82, 2.24) is 9.78 Å². The van der Waals surface area contributed by atoms with E-state index in [0.29, 0.717) is 11.3 Å². The van der Waals surface area contributed by atoms with Crippen LogP contribution >= 0.6 is 0 Å². The van der Waals surface area contributed by atoms with Gasteiger partial charge in [0.05, 0.1) is 28.4 Å². The molecule has 8 heteroatoms. The van der Waals surface area contributed by atoms with Crippen molar-refractivity contribution in [3.8, 4) is 11.5 Å². The van der Waals surface area contributed by atoms with Crippen molar-refractivity contribution < 1.29 is 14.5 Å². The van der Waals surface area contributed by atoms with Crippen molar-refractivity contribution in [2.45, 2.75) is 13.8 Å². The summed E-state index contributed by atoms with van der Waals surface area (Å²) in [6.07, 6.45) is 2.97. The number of aromatic nitrogens is 2. The number of nitro benzene ring substituents is 1. The molecule has 1 N–H and O–H groups in total. The molecule has 0 atom stereocenters. The number of benzene rings is 2. The van der Waals surface area contributed by atoms with Gasteiger partial charge in [-0.3, -0.25) is 19.6 Å². The summed E-state index contributed by atoms with van der Waals surface area (Å²) >= 11 is 0. The van der Waals surface area contributed by atoms with E-state index >= 15 is 0 Å². The number of carbonyl (C=O) groups excluding carboxylic acids is 1. The Labute approximate surface area is 155 Å². The Morgan fingerprint density at radius 3 is 2.67 bits per heavy atom. The molecule has 27 heavy (non-hydrogen) atoms. The molecule has 0 aliphatic heterocycles. The van der Waals surface area contributed by atoms with Gasteiger partial charge in [0.1, 0.15) is 11.5 Å². The number of nitrogens with zero attached hydrogens (tertiary/aromatic N) is 3. The van der Waals surface area contributed by atoms with Crippen molar-refractivity contribution in [2.75, 3.05) is 5.32 Å². The van der Waals surface area contributed by atoms with E-state index < -0.39 is 10.8 Å². The molecule has 1 amide bonds. The molecule has 2 aromatic carbocycles. The second-order valence-electron chi connectivity index (χ2n) is 6.20. The zero-order valence-electron chi connectivity index (χ0n) is 15.1. The van der Waals surface area contributed by atoms with Crippen molar-refractivity contribution >= 4 is 17.3 Å². The van der Waals surface area contributed by atoms with Crippen molar-refractivity contribution in [3.63, 3.8) is 0 Å². The second-order valence-corrected chi connectivity index (χ2v) is 6.20. The van der Waals surface area contributed by atoms with Gasteiger partial charge in [-0.1, -0.05) is 12.1 Å². The minimum Gasteiger partial charge on any atom is -0.457 e. The Morgan fingerprint density at radius 1 is 1.22 bits per heavy atom. The van der Waals surface area contributed by atoms with Gasteiger partial charge in [0.2, 0.25) is 0 Å². The molecule has 0 spiro atoms. The van der Waals surface area contributed by atoms with Crippen LogP contribution in [0.25, 0.3) is 0 Å². The molecular weight excluding hydrogens is 348 g/mol. The summed E-state index contributed by atoms with van der Waals surface area (Å²) in [5.41, 5.74) is 2.33. The average Bonchev–Trinajstić information content (AvgIpc) is 3.04. The number of anilines is 1. The van der Waals surface area contributed by atoms with Crippen LogP contribution in [0.15, 0.2) is 48.8 Å². The molecule has 0 radical (unpaired) electrons. The number of carbonyl (C=O) groups is 1. The number of ether oxygens (including phenoxy) is 1. The number of hydrogen-bond donors (Lipinski definition) is 1. The quantitative estimate of drug-likeness (QED) is 0.544. The van der Waals surface area contributed by atoms with E-state index in [4.69, 9.17) is 4.74 Å². The monoisotopic (exact) mass is 366 g/mol. The smallest absolute Gasteiger partial charge is 0.275 e. The van der Waals surface area contributed by atoms with Crippen LogP contribution in [-0.2, 0) is 7.05 Å². The minimum atomic E-state index is -0.532. The molecule has 3 aromatic rings. The maximum absolute atomic E-state index is 12.3. The van der Waals surface area contributed by atoms with Gasteiger partial charge in [-0.2, -0.15) is 5.10 Å². The molecule has 0 saturated carbocycles. The van der Waals surface area contributed by atoms with E-state index in [1.807, 2.05) is 32.0 Å². The number of rotatable bonds is 5. The summed E-state index contributed by atoms with van der Waals surface area (Å²) in [6, 6.07) is 9.86. The molecule has 0 fully saturated rings. The Kier molecular flexibility index (Phi) is 4.89. The first-order chi connectivity index (χ1) is 12.8. The van der Waals surface area contributed by atoms with Gasteiger partial charge in [-0.15, -0.1) is 0 Å². The fourth-order valence-electron chi connectivity index (χ4n) is 2.51. The van der Waals surface area contributed by atoms with E-state index in [9.17, 15) is 14.9 Å². The maximum Gasteiger partial charge on any atom is 0.275 e. The van der Waals surface area contributed by atoms with E-state index in [0.717, 1.165) is 11.1 Å². The molecule has 0 bridgehead atoms. The summed E-state index contributed by atoms with van der Waals surface area (Å²) in [6.45, 7) is 3.82. The highest BCUT2D eigenvalue weighted by Crippen LogP contribution is 2.31. The first-order valence-corrected chi connectivity index (χ1v) is 8.16. The maximum atomic E-state index is 12.3. The van der Waals surface area contributed by atoms with Crippen LogP contribution in [0.5, 0.6) is 11.5 Å². The summed E-state index contributed by atoms with van der Waals surface area (Å²) < 4.78 is 7.34. The first-order valence-electron chi connectivity index (χ1n) is 8.16. The number of non-ortho nitro benzene ring substituents is 1. The van der Waals surface area contributed by atoms with Crippen molar-refractivity contribution in [2.24, 2.45) is 7.05 Å². The van der Waals surface area contributed by atoms with Gasteiger partial charge < -0.3 is 10.1 Å². The Morgan fingerprint density at radius 2 is 2.00 bits per heavy atom. The van der Waals surface area contributed by atoms with Crippen LogP contribution in [0, 0.1) is 24.0 Å². The summed E-state index contributed by atoms with van der Waals surface area (Å²) in [5, 5.41) is 17.8. The van der Waals surface area contributed by atoms with E-state index in [2.05, 4.69) is 10.4 Å². The molecule has 0 aliphatic rings. The molecule has 8 nitrogen and oxygen atoms in total. The first kappa shape index (κ1) is 18.1. The van der Waals surface area contributed by atoms with Crippen LogP contribution in [0.3, 0.4) is 0 Å². The molecule has 1 aromatic heterocycles. The highest BCUT2D eigenvalue weighted by Gasteiger charge is 2.15. The lowest BCUT2D eigenvalue weighted by Crippen LogP contribution is -2.11. The molecule has 1 heterocycles. The van der Waals surface area contributed by atoms with Gasteiger partial charge in [0.25, 0.3) is 11.6 Å².